The van der Waals surface area contributed by atoms with Gasteiger partial charge < -0.3 is 10.6 Å². The van der Waals surface area contributed by atoms with Crippen molar-refractivity contribution in [3.63, 3.8) is 0 Å². The summed E-state index contributed by atoms with van der Waals surface area (Å²) in [5, 5.41) is 12.7. The molecule has 1 aliphatic rings. The highest BCUT2D eigenvalue weighted by Gasteiger charge is 2.16. The number of hydrogen-bond acceptors (Lipinski definition) is 4. The fourth-order valence-electron chi connectivity index (χ4n) is 1.71. The number of hydrogen-bond donors (Lipinski definition) is 3. The monoisotopic (exact) mass is 209 g/mol. The van der Waals surface area contributed by atoms with Crippen LogP contribution in [-0.4, -0.2) is 33.7 Å². The Balaban J connectivity index is 1.80. The van der Waals surface area contributed by atoms with Gasteiger partial charge in [0.25, 0.3) is 0 Å². The molecule has 0 aliphatic carbocycles. The molecule has 1 saturated heterocycles. The largest absolute Gasteiger partial charge is 0.356 e. The number of amides is 1. The highest BCUT2D eigenvalue weighted by molar-refractivity contribution is 5.76. The van der Waals surface area contributed by atoms with Crippen LogP contribution < -0.4 is 10.6 Å². The van der Waals surface area contributed by atoms with E-state index < -0.39 is 0 Å². The van der Waals surface area contributed by atoms with Crippen molar-refractivity contribution in [3.8, 4) is 0 Å². The van der Waals surface area contributed by atoms with Crippen molar-refractivity contribution >= 4 is 5.91 Å². The number of aromatic nitrogens is 3. The van der Waals surface area contributed by atoms with Crippen LogP contribution in [0.2, 0.25) is 0 Å². The summed E-state index contributed by atoms with van der Waals surface area (Å²) in [6.45, 7) is 1.43. The molecule has 1 aromatic heterocycles. The Hall–Kier alpha value is -1.43. The van der Waals surface area contributed by atoms with E-state index in [4.69, 9.17) is 0 Å². The van der Waals surface area contributed by atoms with Gasteiger partial charge in [-0.2, -0.15) is 5.10 Å². The lowest BCUT2D eigenvalue weighted by molar-refractivity contribution is -0.121. The maximum absolute atomic E-state index is 11.3. The molecule has 0 saturated carbocycles. The van der Waals surface area contributed by atoms with E-state index in [0.29, 0.717) is 13.0 Å². The summed E-state index contributed by atoms with van der Waals surface area (Å²) in [5.41, 5.74) is 0. The van der Waals surface area contributed by atoms with Crippen LogP contribution in [-0.2, 0) is 11.3 Å². The second-order valence-corrected chi connectivity index (χ2v) is 3.71. The third-order valence-electron chi connectivity index (χ3n) is 2.51. The molecule has 1 aromatic rings. The molecule has 3 N–H and O–H groups in total. The van der Waals surface area contributed by atoms with Gasteiger partial charge in [0.15, 0.2) is 0 Å². The smallest absolute Gasteiger partial charge is 0.221 e. The number of nitrogens with zero attached hydrogens (tertiary/aromatic N) is 2. The van der Waals surface area contributed by atoms with Crippen LogP contribution in [0, 0.1) is 0 Å². The Kier molecular flexibility index (Phi) is 3.29. The first kappa shape index (κ1) is 10.1. The Morgan fingerprint density at radius 1 is 1.60 bits per heavy atom. The lowest BCUT2D eigenvalue weighted by Crippen LogP contribution is -2.32. The van der Waals surface area contributed by atoms with E-state index in [1.165, 1.54) is 6.33 Å². The molecule has 0 radical (unpaired) electrons. The number of carbonyl (C=O) groups is 1. The van der Waals surface area contributed by atoms with Crippen LogP contribution >= 0.6 is 0 Å². The molecular formula is C9H15N5O. The average molecular weight is 209 g/mol. The SMILES string of the molecule is O=C1CC(NCc2ncn[nH]2)CCCN1. The zero-order valence-electron chi connectivity index (χ0n) is 8.49. The Morgan fingerprint density at radius 2 is 2.53 bits per heavy atom. The van der Waals surface area contributed by atoms with Crippen molar-refractivity contribution in [2.45, 2.75) is 31.8 Å². The number of nitrogens with one attached hydrogen (secondary N) is 3. The van der Waals surface area contributed by atoms with Crippen molar-refractivity contribution in [1.82, 2.24) is 25.8 Å². The van der Waals surface area contributed by atoms with Crippen LogP contribution in [0.3, 0.4) is 0 Å². The lowest BCUT2D eigenvalue weighted by Gasteiger charge is -2.13. The Labute approximate surface area is 87.9 Å². The molecule has 2 heterocycles. The third kappa shape index (κ3) is 3.02. The van der Waals surface area contributed by atoms with Gasteiger partial charge in [-0.15, -0.1) is 0 Å². The molecule has 6 heteroatoms. The first-order valence-corrected chi connectivity index (χ1v) is 5.19. The van der Waals surface area contributed by atoms with Gasteiger partial charge in [-0.3, -0.25) is 9.89 Å². The molecule has 2 rings (SSSR count). The van der Waals surface area contributed by atoms with Gasteiger partial charge in [0, 0.05) is 19.0 Å². The standard InChI is InChI=1S/C9H15N5O/c15-9-4-7(2-1-3-10-9)11-5-8-12-6-13-14-8/h6-7,11H,1-5H2,(H,10,15)(H,12,13,14). The average Bonchev–Trinajstić information content (AvgIpc) is 2.65. The molecule has 0 spiro atoms. The van der Waals surface area contributed by atoms with Gasteiger partial charge in [-0.1, -0.05) is 0 Å². The summed E-state index contributed by atoms with van der Waals surface area (Å²) >= 11 is 0. The summed E-state index contributed by atoms with van der Waals surface area (Å²) in [4.78, 5) is 15.3. The molecule has 1 atom stereocenters. The van der Waals surface area contributed by atoms with Gasteiger partial charge >= 0.3 is 0 Å². The predicted molar refractivity (Wildman–Crippen MR) is 53.9 cm³/mol. The first-order chi connectivity index (χ1) is 7.34. The molecule has 1 fully saturated rings. The maximum atomic E-state index is 11.3. The summed E-state index contributed by atoms with van der Waals surface area (Å²) in [6.07, 6.45) is 4.08. The second kappa shape index (κ2) is 4.88. The first-order valence-electron chi connectivity index (χ1n) is 5.19. The number of carbonyl (C=O) groups excluding carboxylic acids is 1. The number of H-pyrrole nitrogens is 1. The summed E-state index contributed by atoms with van der Waals surface area (Å²) < 4.78 is 0. The normalized spacial score (nSPS) is 22.1. The predicted octanol–water partition coefficient (Wildman–Crippen LogP) is -0.437. The minimum atomic E-state index is 0.127. The zero-order valence-corrected chi connectivity index (χ0v) is 8.49. The van der Waals surface area contributed by atoms with E-state index in [2.05, 4.69) is 25.8 Å². The van der Waals surface area contributed by atoms with E-state index in [1.54, 1.807) is 0 Å². The molecule has 0 bridgehead atoms. The fraction of sp³-hybridized carbons (Fsp3) is 0.667. The molecule has 0 aromatic carbocycles. The molecule has 15 heavy (non-hydrogen) atoms. The molecule has 1 aliphatic heterocycles. The van der Waals surface area contributed by atoms with E-state index in [1.807, 2.05) is 0 Å². The van der Waals surface area contributed by atoms with Gasteiger partial charge in [-0.05, 0) is 12.8 Å². The van der Waals surface area contributed by atoms with Crippen LogP contribution in [0.4, 0.5) is 0 Å². The number of rotatable bonds is 3. The Morgan fingerprint density at radius 3 is 3.33 bits per heavy atom. The topological polar surface area (TPSA) is 82.7 Å². The van der Waals surface area contributed by atoms with E-state index in [0.717, 1.165) is 25.2 Å². The molecular weight excluding hydrogens is 194 g/mol. The summed E-state index contributed by atoms with van der Waals surface area (Å²) in [6, 6.07) is 0.248. The van der Waals surface area contributed by atoms with Crippen LogP contribution in [0.25, 0.3) is 0 Å². The summed E-state index contributed by atoms with van der Waals surface area (Å²) in [7, 11) is 0. The van der Waals surface area contributed by atoms with E-state index in [9.17, 15) is 4.79 Å². The van der Waals surface area contributed by atoms with Crippen LogP contribution in [0.1, 0.15) is 25.1 Å². The summed E-state index contributed by atoms with van der Waals surface area (Å²) in [5.74, 6) is 0.933. The maximum Gasteiger partial charge on any atom is 0.221 e. The van der Waals surface area contributed by atoms with Crippen molar-refractivity contribution in [2.75, 3.05) is 6.54 Å². The van der Waals surface area contributed by atoms with Crippen LogP contribution in [0.5, 0.6) is 0 Å². The van der Waals surface area contributed by atoms with Gasteiger partial charge in [-0.25, -0.2) is 4.98 Å². The minimum absolute atomic E-state index is 0.127. The Bertz CT molecular complexity index is 310. The lowest BCUT2D eigenvalue weighted by atomic mass is 10.1. The van der Waals surface area contributed by atoms with Crippen LogP contribution in [0.15, 0.2) is 6.33 Å². The zero-order chi connectivity index (χ0) is 10.5. The van der Waals surface area contributed by atoms with Crippen molar-refractivity contribution in [1.29, 1.82) is 0 Å². The van der Waals surface area contributed by atoms with E-state index >= 15 is 0 Å². The highest BCUT2D eigenvalue weighted by atomic mass is 16.1. The van der Waals surface area contributed by atoms with Gasteiger partial charge in [0.2, 0.25) is 5.91 Å². The van der Waals surface area contributed by atoms with Crippen molar-refractivity contribution in [3.05, 3.63) is 12.2 Å². The fourth-order valence-corrected chi connectivity index (χ4v) is 1.71. The van der Waals surface area contributed by atoms with Gasteiger partial charge in [0.1, 0.15) is 12.2 Å². The molecule has 1 amide bonds. The second-order valence-electron chi connectivity index (χ2n) is 3.71. The number of aromatic amines is 1. The van der Waals surface area contributed by atoms with Crippen molar-refractivity contribution < 1.29 is 4.79 Å². The quantitative estimate of drug-likeness (QED) is 0.630. The minimum Gasteiger partial charge on any atom is -0.356 e. The molecule has 82 valence electrons. The van der Waals surface area contributed by atoms with Gasteiger partial charge in [0.05, 0.1) is 6.54 Å². The molecule has 1 unspecified atom stereocenters. The highest BCUT2D eigenvalue weighted by Crippen LogP contribution is 2.06. The molecule has 6 nitrogen and oxygen atoms in total. The van der Waals surface area contributed by atoms with Crippen molar-refractivity contribution in [2.24, 2.45) is 0 Å². The van der Waals surface area contributed by atoms with E-state index in [-0.39, 0.29) is 11.9 Å². The third-order valence-corrected chi connectivity index (χ3v) is 2.51.